The Kier molecular flexibility index (Phi) is 3.72. The van der Waals surface area contributed by atoms with E-state index in [2.05, 4.69) is 29.1 Å². The predicted molar refractivity (Wildman–Crippen MR) is 68.5 cm³/mol. The minimum absolute atomic E-state index is 0.0764. The molecule has 18 heavy (non-hydrogen) atoms. The summed E-state index contributed by atoms with van der Waals surface area (Å²) in [6.45, 7) is 4.79. The number of pyridine rings is 1. The molecular formula is C13H16N4O. The van der Waals surface area contributed by atoms with Crippen LogP contribution in [0.4, 0.5) is 0 Å². The molecule has 1 N–H and O–H groups in total. The number of nitrogens with zero attached hydrogens (tertiary/aromatic N) is 3. The number of nitrogens with one attached hydrogen (secondary N) is 1. The van der Waals surface area contributed by atoms with E-state index in [9.17, 15) is 4.79 Å². The average molecular weight is 244 g/mol. The first-order valence-corrected chi connectivity index (χ1v) is 5.89. The highest BCUT2D eigenvalue weighted by Crippen LogP contribution is 2.07. The summed E-state index contributed by atoms with van der Waals surface area (Å²) in [4.78, 5) is 20.1. The van der Waals surface area contributed by atoms with Gasteiger partial charge in [0.2, 0.25) is 0 Å². The maximum atomic E-state index is 11.9. The van der Waals surface area contributed by atoms with Gasteiger partial charge in [0.1, 0.15) is 12.1 Å². The first kappa shape index (κ1) is 12.3. The normalized spacial score (nSPS) is 10.6. The lowest BCUT2D eigenvalue weighted by Crippen LogP contribution is -2.27. The van der Waals surface area contributed by atoms with Crippen molar-refractivity contribution in [2.45, 2.75) is 13.8 Å². The van der Waals surface area contributed by atoms with Gasteiger partial charge in [0.05, 0.1) is 0 Å². The second kappa shape index (κ2) is 5.44. The van der Waals surface area contributed by atoms with E-state index in [-0.39, 0.29) is 5.91 Å². The van der Waals surface area contributed by atoms with Crippen molar-refractivity contribution in [2.24, 2.45) is 5.92 Å². The molecule has 2 rings (SSSR count). The standard InChI is InChI=1S/C13H16N4O/c1-10(2)8-16-13(18)11-3-4-15-12(7-11)17-6-5-14-9-17/h3-7,9-10H,8H2,1-2H3,(H,16,18). The fourth-order valence-electron chi connectivity index (χ4n) is 1.49. The zero-order valence-electron chi connectivity index (χ0n) is 10.5. The molecule has 0 aliphatic carbocycles. The Labute approximate surface area is 106 Å². The van der Waals surface area contributed by atoms with Crippen LogP contribution in [0.1, 0.15) is 24.2 Å². The number of aromatic nitrogens is 3. The summed E-state index contributed by atoms with van der Waals surface area (Å²) >= 11 is 0. The van der Waals surface area contributed by atoms with Gasteiger partial charge in [-0.15, -0.1) is 0 Å². The molecule has 0 radical (unpaired) electrons. The Hall–Kier alpha value is -2.17. The lowest BCUT2D eigenvalue weighted by atomic mass is 10.2. The van der Waals surface area contributed by atoms with E-state index in [0.717, 1.165) is 0 Å². The number of rotatable bonds is 4. The highest BCUT2D eigenvalue weighted by molar-refractivity contribution is 5.94. The van der Waals surface area contributed by atoms with Crippen LogP contribution in [-0.4, -0.2) is 27.0 Å². The molecule has 94 valence electrons. The zero-order valence-corrected chi connectivity index (χ0v) is 10.5. The fourth-order valence-corrected chi connectivity index (χ4v) is 1.49. The molecule has 0 aromatic carbocycles. The van der Waals surface area contributed by atoms with E-state index in [1.807, 2.05) is 0 Å². The van der Waals surface area contributed by atoms with Gasteiger partial charge in [0.25, 0.3) is 5.91 Å². The Morgan fingerprint density at radius 2 is 2.28 bits per heavy atom. The van der Waals surface area contributed by atoms with Crippen molar-refractivity contribution in [2.75, 3.05) is 6.54 Å². The maximum absolute atomic E-state index is 11.9. The molecule has 0 spiro atoms. The Balaban J connectivity index is 2.15. The molecule has 0 saturated heterocycles. The Morgan fingerprint density at radius 1 is 1.44 bits per heavy atom. The molecule has 0 fully saturated rings. The third-order valence-electron chi connectivity index (χ3n) is 2.45. The molecule has 2 heterocycles. The number of carbonyl (C=O) groups is 1. The molecule has 5 nitrogen and oxygen atoms in total. The van der Waals surface area contributed by atoms with Crippen LogP contribution < -0.4 is 5.32 Å². The van der Waals surface area contributed by atoms with Crippen LogP contribution in [0, 0.1) is 5.92 Å². The van der Waals surface area contributed by atoms with E-state index in [1.54, 1.807) is 41.6 Å². The molecule has 0 aliphatic rings. The summed E-state index contributed by atoms with van der Waals surface area (Å²) in [5, 5.41) is 2.88. The van der Waals surface area contributed by atoms with E-state index >= 15 is 0 Å². The third-order valence-corrected chi connectivity index (χ3v) is 2.45. The second-order valence-electron chi connectivity index (χ2n) is 4.48. The smallest absolute Gasteiger partial charge is 0.251 e. The number of imidazole rings is 1. The maximum Gasteiger partial charge on any atom is 0.251 e. The van der Waals surface area contributed by atoms with Crippen LogP contribution in [0.15, 0.2) is 37.1 Å². The SMILES string of the molecule is CC(C)CNC(=O)c1ccnc(-n2ccnc2)c1. The lowest BCUT2D eigenvalue weighted by molar-refractivity contribution is 0.0949. The fraction of sp³-hybridized carbons (Fsp3) is 0.308. The summed E-state index contributed by atoms with van der Waals surface area (Å²) in [5.41, 5.74) is 0.606. The Morgan fingerprint density at radius 3 is 2.94 bits per heavy atom. The molecule has 0 aliphatic heterocycles. The highest BCUT2D eigenvalue weighted by atomic mass is 16.1. The summed E-state index contributed by atoms with van der Waals surface area (Å²) in [6, 6.07) is 3.45. The average Bonchev–Trinajstić information content (AvgIpc) is 2.90. The quantitative estimate of drug-likeness (QED) is 0.889. The van der Waals surface area contributed by atoms with Crippen molar-refractivity contribution >= 4 is 5.91 Å². The summed E-state index contributed by atoms with van der Waals surface area (Å²) < 4.78 is 1.76. The minimum atomic E-state index is -0.0764. The molecule has 0 saturated carbocycles. The first-order chi connectivity index (χ1) is 8.66. The van der Waals surface area contributed by atoms with Crippen molar-refractivity contribution in [3.63, 3.8) is 0 Å². The topological polar surface area (TPSA) is 59.8 Å². The van der Waals surface area contributed by atoms with E-state index in [0.29, 0.717) is 23.8 Å². The van der Waals surface area contributed by atoms with Crippen LogP contribution >= 0.6 is 0 Å². The lowest BCUT2D eigenvalue weighted by Gasteiger charge is -2.08. The van der Waals surface area contributed by atoms with Gasteiger partial charge in [0, 0.05) is 30.7 Å². The van der Waals surface area contributed by atoms with Crippen LogP contribution in [0.2, 0.25) is 0 Å². The van der Waals surface area contributed by atoms with Crippen molar-refractivity contribution in [1.29, 1.82) is 0 Å². The van der Waals surface area contributed by atoms with Gasteiger partial charge in [-0.25, -0.2) is 9.97 Å². The number of amides is 1. The molecule has 2 aromatic rings. The molecule has 5 heteroatoms. The van der Waals surface area contributed by atoms with E-state index in [4.69, 9.17) is 0 Å². The summed E-state index contributed by atoms with van der Waals surface area (Å²) in [5.74, 6) is 1.04. The minimum Gasteiger partial charge on any atom is -0.352 e. The molecule has 0 atom stereocenters. The van der Waals surface area contributed by atoms with Crippen molar-refractivity contribution < 1.29 is 4.79 Å². The van der Waals surface area contributed by atoms with Crippen molar-refractivity contribution in [3.8, 4) is 5.82 Å². The number of hydrogen-bond donors (Lipinski definition) is 1. The van der Waals surface area contributed by atoms with Gasteiger partial charge >= 0.3 is 0 Å². The second-order valence-corrected chi connectivity index (χ2v) is 4.48. The summed E-state index contributed by atoms with van der Waals surface area (Å²) in [7, 11) is 0. The molecule has 0 unspecified atom stereocenters. The van der Waals surface area contributed by atoms with Gasteiger partial charge in [0.15, 0.2) is 0 Å². The van der Waals surface area contributed by atoms with Crippen molar-refractivity contribution in [3.05, 3.63) is 42.6 Å². The third kappa shape index (κ3) is 2.94. The van der Waals surface area contributed by atoms with E-state index < -0.39 is 0 Å². The largest absolute Gasteiger partial charge is 0.352 e. The van der Waals surface area contributed by atoms with Gasteiger partial charge in [-0.1, -0.05) is 13.8 Å². The van der Waals surface area contributed by atoms with E-state index in [1.165, 1.54) is 0 Å². The number of hydrogen-bond acceptors (Lipinski definition) is 3. The monoisotopic (exact) mass is 244 g/mol. The van der Waals surface area contributed by atoms with Gasteiger partial charge in [-0.3, -0.25) is 9.36 Å². The van der Waals surface area contributed by atoms with Crippen LogP contribution in [-0.2, 0) is 0 Å². The van der Waals surface area contributed by atoms with Crippen molar-refractivity contribution in [1.82, 2.24) is 19.9 Å². The Bertz CT molecular complexity index is 520. The van der Waals surface area contributed by atoms with Gasteiger partial charge in [-0.05, 0) is 18.1 Å². The first-order valence-electron chi connectivity index (χ1n) is 5.89. The number of carbonyl (C=O) groups excluding carboxylic acids is 1. The predicted octanol–water partition coefficient (Wildman–Crippen LogP) is 1.65. The molecular weight excluding hydrogens is 228 g/mol. The zero-order chi connectivity index (χ0) is 13.0. The van der Waals surface area contributed by atoms with Crippen LogP contribution in [0.3, 0.4) is 0 Å². The van der Waals surface area contributed by atoms with Crippen LogP contribution in [0.5, 0.6) is 0 Å². The van der Waals surface area contributed by atoms with Gasteiger partial charge < -0.3 is 5.32 Å². The van der Waals surface area contributed by atoms with Gasteiger partial charge in [-0.2, -0.15) is 0 Å². The molecule has 2 aromatic heterocycles. The molecule has 1 amide bonds. The van der Waals surface area contributed by atoms with Crippen LogP contribution in [0.25, 0.3) is 5.82 Å². The highest BCUT2D eigenvalue weighted by Gasteiger charge is 2.07. The molecule has 0 bridgehead atoms. The summed E-state index contributed by atoms with van der Waals surface area (Å²) in [6.07, 6.45) is 6.74.